The first-order chi connectivity index (χ1) is 7.68. The molecule has 5 heteroatoms. The van der Waals surface area contributed by atoms with Gasteiger partial charge in [-0.15, -0.1) is 0 Å². The summed E-state index contributed by atoms with van der Waals surface area (Å²) in [5, 5.41) is 0.619. The van der Waals surface area contributed by atoms with Gasteiger partial charge >= 0.3 is 0 Å². The third-order valence-electron chi connectivity index (χ3n) is 2.69. The van der Waals surface area contributed by atoms with Gasteiger partial charge in [0.2, 0.25) is 5.78 Å². The maximum absolute atomic E-state index is 12.1. The van der Waals surface area contributed by atoms with Gasteiger partial charge in [-0.25, -0.2) is 9.97 Å². The summed E-state index contributed by atoms with van der Waals surface area (Å²) in [6, 6.07) is 1.85. The van der Waals surface area contributed by atoms with Crippen molar-refractivity contribution in [3.05, 3.63) is 40.6 Å². The Kier molecular flexibility index (Phi) is 1.65. The van der Waals surface area contributed by atoms with Gasteiger partial charge in [-0.2, -0.15) is 0 Å². The summed E-state index contributed by atoms with van der Waals surface area (Å²) < 4.78 is 3.35. The lowest BCUT2D eigenvalue weighted by atomic mass is 10.2. The van der Waals surface area contributed by atoms with E-state index >= 15 is 0 Å². The Hall–Kier alpha value is -2.17. The molecule has 16 heavy (non-hydrogen) atoms. The first-order valence-electron chi connectivity index (χ1n) is 4.97. The summed E-state index contributed by atoms with van der Waals surface area (Å²) in [4.78, 5) is 20.5. The predicted molar refractivity (Wildman–Crippen MR) is 60.5 cm³/mol. The van der Waals surface area contributed by atoms with E-state index in [1.807, 2.05) is 17.4 Å². The monoisotopic (exact) mass is 214 g/mol. The highest BCUT2D eigenvalue weighted by Gasteiger charge is 2.09. The number of pyridine rings is 1. The fraction of sp³-hybridized carbons (Fsp3) is 0.182. The Balaban J connectivity index is 2.71. The van der Waals surface area contributed by atoms with Crippen LogP contribution in [0.1, 0.15) is 5.56 Å². The molecule has 80 valence electrons. The minimum absolute atomic E-state index is 0.0649. The van der Waals surface area contributed by atoms with Crippen LogP contribution in [-0.4, -0.2) is 18.9 Å². The number of hydrogen-bond donors (Lipinski definition) is 0. The number of aryl methyl sites for hydroxylation is 2. The van der Waals surface area contributed by atoms with Crippen LogP contribution in [-0.2, 0) is 7.05 Å². The molecule has 3 aromatic heterocycles. The quantitative estimate of drug-likeness (QED) is 0.558. The van der Waals surface area contributed by atoms with Crippen molar-refractivity contribution in [3.63, 3.8) is 0 Å². The molecule has 0 fully saturated rings. The van der Waals surface area contributed by atoms with Gasteiger partial charge < -0.3 is 0 Å². The highest BCUT2D eigenvalue weighted by Crippen LogP contribution is 2.10. The molecule has 0 saturated heterocycles. The first kappa shape index (κ1) is 9.08. The number of aromatic nitrogens is 4. The minimum Gasteiger partial charge on any atom is -0.281 e. The van der Waals surface area contributed by atoms with Crippen LogP contribution in [0.3, 0.4) is 0 Å². The summed E-state index contributed by atoms with van der Waals surface area (Å²) in [6.07, 6.45) is 5.22. The first-order valence-corrected chi connectivity index (χ1v) is 4.97. The Morgan fingerprint density at radius 3 is 2.94 bits per heavy atom. The summed E-state index contributed by atoms with van der Waals surface area (Å²) >= 11 is 0. The van der Waals surface area contributed by atoms with Gasteiger partial charge in [-0.1, -0.05) is 0 Å². The predicted octanol–water partition coefficient (Wildman–Crippen LogP) is 0.890. The van der Waals surface area contributed by atoms with E-state index in [4.69, 9.17) is 0 Å². The second kappa shape index (κ2) is 2.91. The molecule has 0 spiro atoms. The summed E-state index contributed by atoms with van der Waals surface area (Å²) in [5.41, 5.74) is 1.56. The third kappa shape index (κ3) is 1.02. The lowest BCUT2D eigenvalue weighted by Crippen LogP contribution is -2.20. The normalized spacial score (nSPS) is 11.4. The number of hydrogen-bond acceptors (Lipinski definition) is 3. The molecule has 0 N–H and O–H groups in total. The lowest BCUT2D eigenvalue weighted by molar-refractivity contribution is 0.860. The van der Waals surface area contributed by atoms with E-state index < -0.39 is 0 Å². The van der Waals surface area contributed by atoms with Crippen LogP contribution in [0.4, 0.5) is 0 Å². The number of rotatable bonds is 0. The zero-order chi connectivity index (χ0) is 11.3. The molecule has 0 bridgehead atoms. The van der Waals surface area contributed by atoms with Gasteiger partial charge in [0.15, 0.2) is 5.65 Å². The van der Waals surface area contributed by atoms with Crippen molar-refractivity contribution in [3.8, 4) is 0 Å². The van der Waals surface area contributed by atoms with Crippen molar-refractivity contribution in [1.29, 1.82) is 0 Å². The van der Waals surface area contributed by atoms with E-state index in [0.29, 0.717) is 16.8 Å². The standard InChI is InChI=1S/C11H10N4O/c1-7-5-8-9(13-6-7)15-4-3-12-11(15)14(2)10(8)16/h3-6H,1-2H3. The van der Waals surface area contributed by atoms with Crippen molar-refractivity contribution >= 4 is 16.8 Å². The topological polar surface area (TPSA) is 52.2 Å². The van der Waals surface area contributed by atoms with Crippen LogP contribution in [0.15, 0.2) is 29.5 Å². The average molecular weight is 214 g/mol. The van der Waals surface area contributed by atoms with E-state index in [9.17, 15) is 4.79 Å². The molecule has 3 aromatic rings. The second-order valence-corrected chi connectivity index (χ2v) is 3.85. The van der Waals surface area contributed by atoms with Crippen LogP contribution in [0.5, 0.6) is 0 Å². The SMILES string of the molecule is Cc1cnc2c(c1)c(=O)n(C)c1nccn21. The summed E-state index contributed by atoms with van der Waals surface area (Å²) in [7, 11) is 1.71. The summed E-state index contributed by atoms with van der Waals surface area (Å²) in [6.45, 7) is 1.92. The number of imidazole rings is 1. The Labute approximate surface area is 91.0 Å². The molecule has 0 aliphatic rings. The van der Waals surface area contributed by atoms with Crippen molar-refractivity contribution in [2.75, 3.05) is 0 Å². The molecule has 0 atom stereocenters. The third-order valence-corrected chi connectivity index (χ3v) is 2.69. The van der Waals surface area contributed by atoms with Crippen molar-refractivity contribution in [2.24, 2.45) is 7.05 Å². The molecule has 5 nitrogen and oxygen atoms in total. The number of fused-ring (bicyclic) bond motifs is 3. The molecule has 3 rings (SSSR count). The van der Waals surface area contributed by atoms with Gasteiger partial charge in [-0.3, -0.25) is 13.8 Å². The Morgan fingerprint density at radius 2 is 2.12 bits per heavy atom. The van der Waals surface area contributed by atoms with E-state index in [2.05, 4.69) is 9.97 Å². The van der Waals surface area contributed by atoms with Crippen LogP contribution >= 0.6 is 0 Å². The van der Waals surface area contributed by atoms with Gasteiger partial charge in [0, 0.05) is 25.6 Å². The lowest BCUT2D eigenvalue weighted by Gasteiger charge is -2.05. The Morgan fingerprint density at radius 1 is 1.31 bits per heavy atom. The smallest absolute Gasteiger partial charge is 0.264 e. The Bertz CT molecular complexity index is 754. The molecular formula is C11H10N4O. The molecule has 0 aliphatic heterocycles. The van der Waals surface area contributed by atoms with Crippen LogP contribution in [0.2, 0.25) is 0 Å². The molecular weight excluding hydrogens is 204 g/mol. The molecule has 0 unspecified atom stereocenters. The fourth-order valence-electron chi connectivity index (χ4n) is 1.89. The molecule has 0 radical (unpaired) electrons. The molecule has 0 aromatic carbocycles. The number of nitrogens with zero attached hydrogens (tertiary/aromatic N) is 4. The van der Waals surface area contributed by atoms with Crippen LogP contribution < -0.4 is 5.56 Å². The van der Waals surface area contributed by atoms with Gasteiger partial charge in [0.25, 0.3) is 5.56 Å². The molecule has 0 aliphatic carbocycles. The van der Waals surface area contributed by atoms with Crippen LogP contribution in [0.25, 0.3) is 16.8 Å². The maximum atomic E-state index is 12.1. The van der Waals surface area contributed by atoms with Crippen molar-refractivity contribution < 1.29 is 0 Å². The van der Waals surface area contributed by atoms with Gasteiger partial charge in [0.05, 0.1) is 5.39 Å². The van der Waals surface area contributed by atoms with Crippen molar-refractivity contribution in [2.45, 2.75) is 6.92 Å². The van der Waals surface area contributed by atoms with E-state index in [1.54, 1.807) is 25.6 Å². The van der Waals surface area contributed by atoms with Gasteiger partial charge in [0.1, 0.15) is 0 Å². The molecule has 0 amide bonds. The minimum atomic E-state index is -0.0649. The maximum Gasteiger partial charge on any atom is 0.264 e. The van der Waals surface area contributed by atoms with Gasteiger partial charge in [-0.05, 0) is 18.6 Å². The highest BCUT2D eigenvalue weighted by atomic mass is 16.1. The zero-order valence-electron chi connectivity index (χ0n) is 9.01. The summed E-state index contributed by atoms with van der Waals surface area (Å²) in [5.74, 6) is 0.605. The second-order valence-electron chi connectivity index (χ2n) is 3.85. The largest absolute Gasteiger partial charge is 0.281 e. The molecule has 3 heterocycles. The van der Waals surface area contributed by atoms with Crippen molar-refractivity contribution in [1.82, 2.24) is 18.9 Å². The zero-order valence-corrected chi connectivity index (χ0v) is 9.01. The van der Waals surface area contributed by atoms with E-state index in [0.717, 1.165) is 5.56 Å². The average Bonchev–Trinajstić information content (AvgIpc) is 2.75. The van der Waals surface area contributed by atoms with Crippen LogP contribution in [0, 0.1) is 6.92 Å². The van der Waals surface area contributed by atoms with E-state index in [1.165, 1.54) is 4.57 Å². The van der Waals surface area contributed by atoms with E-state index in [-0.39, 0.29) is 5.56 Å². The molecule has 0 saturated carbocycles. The fourth-order valence-corrected chi connectivity index (χ4v) is 1.89. The highest BCUT2D eigenvalue weighted by molar-refractivity contribution is 5.76.